The number of Topliss-reactive ketones (excluding diaryl/α,β-unsaturated/α-hetero) is 1. The first-order chi connectivity index (χ1) is 16.3. The molecule has 0 N–H and O–H groups in total. The summed E-state index contributed by atoms with van der Waals surface area (Å²) in [7, 11) is 0. The molecule has 1 aromatic carbocycles. The highest BCUT2D eigenvalue weighted by atomic mass is 19.4. The second kappa shape index (κ2) is 12.5. The van der Waals surface area contributed by atoms with E-state index in [4.69, 9.17) is 5.26 Å². The molecule has 0 aromatic heterocycles. The Kier molecular flexibility index (Phi) is 9.75. The van der Waals surface area contributed by atoms with Crippen molar-refractivity contribution >= 4 is 11.5 Å². The van der Waals surface area contributed by atoms with Gasteiger partial charge in [-0.05, 0) is 43.4 Å². The lowest BCUT2D eigenvalue weighted by Gasteiger charge is -2.37. The topological polar surface area (TPSA) is 47.3 Å². The van der Waals surface area contributed by atoms with Gasteiger partial charge < -0.3 is 4.90 Å². The second-order valence-corrected chi connectivity index (χ2v) is 9.73. The zero-order valence-corrected chi connectivity index (χ0v) is 19.8. The van der Waals surface area contributed by atoms with Crippen LogP contribution in [0.5, 0.6) is 0 Å². The van der Waals surface area contributed by atoms with Crippen LogP contribution in [0.2, 0.25) is 0 Å². The molecular weight excluding hydrogens is 446 g/mol. The molecule has 0 unspecified atom stereocenters. The van der Waals surface area contributed by atoms with Crippen LogP contribution in [0, 0.1) is 29.0 Å². The van der Waals surface area contributed by atoms with Crippen LogP contribution in [0.1, 0.15) is 69.8 Å². The van der Waals surface area contributed by atoms with Gasteiger partial charge in [-0.2, -0.15) is 18.4 Å². The minimum Gasteiger partial charge on any atom is -0.367 e. The Morgan fingerprint density at radius 1 is 1.00 bits per heavy atom. The average Bonchev–Trinajstić information content (AvgIpc) is 2.82. The van der Waals surface area contributed by atoms with Gasteiger partial charge in [0.2, 0.25) is 0 Å². The molecular formula is C26H35F4N3O. The number of piperazine rings is 1. The molecule has 1 heterocycles. The first-order valence-corrected chi connectivity index (χ1v) is 12.5. The minimum atomic E-state index is -4.68. The third-order valence-corrected chi connectivity index (χ3v) is 7.40. The number of carbonyl (C=O) groups excluding carboxylic acids is 1. The van der Waals surface area contributed by atoms with Gasteiger partial charge in [0.1, 0.15) is 5.78 Å². The molecule has 34 heavy (non-hydrogen) atoms. The van der Waals surface area contributed by atoms with E-state index in [0.717, 1.165) is 45.0 Å². The van der Waals surface area contributed by atoms with E-state index in [1.54, 1.807) is 4.90 Å². The standard InChI is InChI=1S/C26H35F4N3O/c27-25-23(26(28,29)30)7-2-8-24(25)33-18-16-32(17-19-33)15-13-21-11-9-20(10-12-21)4-1-5-22(34)6-3-14-31/h2,7-8,20-21H,1,3-6,9-13,15-19H2. The molecule has 1 aromatic rings. The maximum Gasteiger partial charge on any atom is 0.419 e. The van der Waals surface area contributed by atoms with E-state index in [1.807, 2.05) is 6.07 Å². The van der Waals surface area contributed by atoms with E-state index >= 15 is 0 Å². The van der Waals surface area contributed by atoms with Crippen molar-refractivity contribution in [2.24, 2.45) is 11.8 Å². The number of alkyl halides is 3. The molecule has 3 rings (SSSR count). The number of anilines is 1. The normalized spacial score (nSPS) is 21.9. The van der Waals surface area contributed by atoms with Gasteiger partial charge in [-0.15, -0.1) is 0 Å². The van der Waals surface area contributed by atoms with E-state index < -0.39 is 17.6 Å². The molecule has 0 atom stereocenters. The van der Waals surface area contributed by atoms with Crippen molar-refractivity contribution in [3.8, 4) is 6.07 Å². The van der Waals surface area contributed by atoms with Crippen LogP contribution in [0.3, 0.4) is 0 Å². The van der Waals surface area contributed by atoms with E-state index in [-0.39, 0.29) is 11.5 Å². The molecule has 1 saturated carbocycles. The molecule has 188 valence electrons. The predicted molar refractivity (Wildman–Crippen MR) is 124 cm³/mol. The first-order valence-electron chi connectivity index (χ1n) is 12.5. The fraction of sp³-hybridized carbons (Fsp3) is 0.692. The summed E-state index contributed by atoms with van der Waals surface area (Å²) in [4.78, 5) is 15.7. The molecule has 1 saturated heterocycles. The van der Waals surface area contributed by atoms with E-state index in [0.29, 0.717) is 44.2 Å². The van der Waals surface area contributed by atoms with Crippen LogP contribution >= 0.6 is 0 Å². The number of benzene rings is 1. The molecule has 8 heteroatoms. The smallest absolute Gasteiger partial charge is 0.367 e. The number of hydrogen-bond acceptors (Lipinski definition) is 4. The third-order valence-electron chi connectivity index (χ3n) is 7.40. The first kappa shape index (κ1) is 26.5. The third kappa shape index (κ3) is 7.69. The van der Waals surface area contributed by atoms with Gasteiger partial charge in [0, 0.05) is 45.4 Å². The molecule has 0 radical (unpaired) electrons. The average molecular weight is 482 g/mol. The maximum absolute atomic E-state index is 14.4. The van der Waals surface area contributed by atoms with Crippen molar-refractivity contribution in [2.45, 2.75) is 70.4 Å². The summed E-state index contributed by atoms with van der Waals surface area (Å²) in [5.41, 5.74) is -1.16. The second-order valence-electron chi connectivity index (χ2n) is 9.73. The number of nitrogens with zero attached hydrogens (tertiary/aromatic N) is 3. The summed E-state index contributed by atoms with van der Waals surface area (Å²) in [5.74, 6) is 0.427. The van der Waals surface area contributed by atoms with Gasteiger partial charge in [0.05, 0.1) is 17.3 Å². The van der Waals surface area contributed by atoms with Gasteiger partial charge in [0.15, 0.2) is 5.82 Å². The quantitative estimate of drug-likeness (QED) is 0.373. The molecule has 2 fully saturated rings. The molecule has 0 bridgehead atoms. The lowest BCUT2D eigenvalue weighted by atomic mass is 9.78. The van der Waals surface area contributed by atoms with Crippen LogP contribution in [0.4, 0.5) is 23.2 Å². The van der Waals surface area contributed by atoms with E-state index in [1.165, 1.54) is 37.8 Å². The highest BCUT2D eigenvalue weighted by molar-refractivity contribution is 5.78. The van der Waals surface area contributed by atoms with Crippen LogP contribution in [0.15, 0.2) is 18.2 Å². The van der Waals surface area contributed by atoms with Gasteiger partial charge in [-0.1, -0.05) is 38.2 Å². The number of nitriles is 1. The van der Waals surface area contributed by atoms with Crippen LogP contribution in [0.25, 0.3) is 0 Å². The largest absolute Gasteiger partial charge is 0.419 e. The van der Waals surface area contributed by atoms with E-state index in [2.05, 4.69) is 4.90 Å². The minimum absolute atomic E-state index is 0.0413. The van der Waals surface area contributed by atoms with Crippen molar-refractivity contribution in [3.05, 3.63) is 29.6 Å². The SMILES string of the molecule is N#CCCC(=O)CCCC1CCC(CCN2CCN(c3cccc(C(F)(F)F)c3F)CC2)CC1. The van der Waals surface area contributed by atoms with Gasteiger partial charge in [-0.3, -0.25) is 9.69 Å². The highest BCUT2D eigenvalue weighted by Crippen LogP contribution is 2.36. The van der Waals surface area contributed by atoms with Crippen LogP contribution in [-0.4, -0.2) is 43.4 Å². The number of rotatable bonds is 10. The monoisotopic (exact) mass is 481 g/mol. The maximum atomic E-state index is 14.4. The Hall–Kier alpha value is -2.14. The van der Waals surface area contributed by atoms with Crippen molar-refractivity contribution in [1.82, 2.24) is 4.90 Å². The summed E-state index contributed by atoms with van der Waals surface area (Å²) >= 11 is 0. The lowest BCUT2D eigenvalue weighted by molar-refractivity contribution is -0.139. The summed E-state index contributed by atoms with van der Waals surface area (Å²) in [5, 5.41) is 8.54. The van der Waals surface area contributed by atoms with Crippen LogP contribution < -0.4 is 4.90 Å². The molecule has 2 aliphatic rings. The zero-order valence-electron chi connectivity index (χ0n) is 19.8. The Labute approximate surface area is 199 Å². The Morgan fingerprint density at radius 3 is 2.26 bits per heavy atom. The summed E-state index contributed by atoms with van der Waals surface area (Å²) in [6.45, 7) is 3.48. The molecule has 0 spiro atoms. The zero-order chi connectivity index (χ0) is 24.6. The number of ketones is 1. The van der Waals surface area contributed by atoms with Crippen molar-refractivity contribution < 1.29 is 22.4 Å². The molecule has 0 amide bonds. The van der Waals surface area contributed by atoms with Gasteiger partial charge >= 0.3 is 6.18 Å². The Bertz CT molecular complexity index is 835. The van der Waals surface area contributed by atoms with Gasteiger partial charge in [-0.25, -0.2) is 4.39 Å². The fourth-order valence-electron chi connectivity index (χ4n) is 5.28. The summed E-state index contributed by atoms with van der Waals surface area (Å²) < 4.78 is 53.4. The predicted octanol–water partition coefficient (Wildman–Crippen LogP) is 6.21. The van der Waals surface area contributed by atoms with Crippen molar-refractivity contribution in [2.75, 3.05) is 37.6 Å². The highest BCUT2D eigenvalue weighted by Gasteiger charge is 2.36. The Morgan fingerprint density at radius 2 is 1.65 bits per heavy atom. The van der Waals surface area contributed by atoms with Gasteiger partial charge in [0.25, 0.3) is 0 Å². The molecule has 1 aliphatic carbocycles. The van der Waals surface area contributed by atoms with Crippen molar-refractivity contribution in [1.29, 1.82) is 5.26 Å². The van der Waals surface area contributed by atoms with Crippen molar-refractivity contribution in [3.63, 3.8) is 0 Å². The van der Waals surface area contributed by atoms with E-state index in [9.17, 15) is 22.4 Å². The number of hydrogen-bond donors (Lipinski definition) is 0. The number of halogens is 4. The fourth-order valence-corrected chi connectivity index (χ4v) is 5.28. The summed E-state index contributed by atoms with van der Waals surface area (Å²) in [6.07, 6.45) is 4.60. The number of carbonyl (C=O) groups is 1. The molecule has 4 nitrogen and oxygen atoms in total. The van der Waals surface area contributed by atoms with Crippen LogP contribution in [-0.2, 0) is 11.0 Å². The molecule has 1 aliphatic heterocycles. The Balaban J connectivity index is 1.33. The summed E-state index contributed by atoms with van der Waals surface area (Å²) in [6, 6.07) is 5.52. The lowest BCUT2D eigenvalue weighted by Crippen LogP contribution is -2.47.